The highest BCUT2D eigenvalue weighted by molar-refractivity contribution is 8.13. The van der Waals surface area contributed by atoms with E-state index in [0.29, 0.717) is 5.75 Å². The van der Waals surface area contributed by atoms with Crippen LogP contribution in [0.5, 0.6) is 0 Å². The van der Waals surface area contributed by atoms with Gasteiger partial charge in [0.25, 0.3) is 0 Å². The number of hydrogen-bond donors (Lipinski definition) is 0. The summed E-state index contributed by atoms with van der Waals surface area (Å²) in [6.07, 6.45) is -0.0163. The summed E-state index contributed by atoms with van der Waals surface area (Å²) >= 11 is 1.05. The number of esters is 2. The quantitative estimate of drug-likeness (QED) is 0.607. The van der Waals surface area contributed by atoms with E-state index >= 15 is 0 Å². The van der Waals surface area contributed by atoms with E-state index < -0.39 is 23.5 Å². The van der Waals surface area contributed by atoms with Crippen molar-refractivity contribution >= 4 is 34.7 Å². The monoisotopic (exact) mass is 361 g/mol. The van der Waals surface area contributed by atoms with E-state index in [1.807, 2.05) is 0 Å². The summed E-state index contributed by atoms with van der Waals surface area (Å²) in [7, 11) is 1.26. The Morgan fingerprint density at radius 2 is 1.71 bits per heavy atom. The first-order valence-electron chi connectivity index (χ1n) is 7.67. The molecule has 0 aromatic rings. The van der Waals surface area contributed by atoms with Crippen molar-refractivity contribution in [3.63, 3.8) is 0 Å². The van der Waals surface area contributed by atoms with Crippen molar-refractivity contribution in [1.29, 1.82) is 0 Å². The zero-order valence-electron chi connectivity index (χ0n) is 15.2. The van der Waals surface area contributed by atoms with Crippen LogP contribution < -0.4 is 0 Å². The standard InChI is InChI=1S/C16H27NO6S/c1-11(10-24-12(2)18)15(21)17(8-7-13(19)22-6)9-14(20)23-16(3,4)5/h11H,7-10H2,1-6H3/t11-/m1/s1. The molecule has 0 radical (unpaired) electrons. The fourth-order valence-electron chi connectivity index (χ4n) is 1.75. The van der Waals surface area contributed by atoms with E-state index in [1.165, 1.54) is 18.9 Å². The van der Waals surface area contributed by atoms with E-state index in [4.69, 9.17) is 4.74 Å². The van der Waals surface area contributed by atoms with Crippen molar-refractivity contribution in [1.82, 2.24) is 4.90 Å². The lowest BCUT2D eigenvalue weighted by atomic mass is 10.1. The molecule has 7 nitrogen and oxygen atoms in total. The van der Waals surface area contributed by atoms with Crippen molar-refractivity contribution in [3.05, 3.63) is 0 Å². The van der Waals surface area contributed by atoms with E-state index in [1.54, 1.807) is 27.7 Å². The summed E-state index contributed by atoms with van der Waals surface area (Å²) in [6, 6.07) is 0. The molecule has 0 unspecified atom stereocenters. The topological polar surface area (TPSA) is 90.0 Å². The Morgan fingerprint density at radius 3 is 2.17 bits per heavy atom. The number of carbonyl (C=O) groups is 4. The fraction of sp³-hybridized carbons (Fsp3) is 0.750. The Morgan fingerprint density at radius 1 is 1.12 bits per heavy atom. The zero-order valence-corrected chi connectivity index (χ0v) is 16.0. The third-order valence-electron chi connectivity index (χ3n) is 2.82. The molecular formula is C16H27NO6S. The average Bonchev–Trinajstić information content (AvgIpc) is 2.45. The molecule has 0 fully saturated rings. The molecule has 0 aromatic heterocycles. The molecular weight excluding hydrogens is 334 g/mol. The molecule has 0 aliphatic heterocycles. The molecule has 138 valence electrons. The number of methoxy groups -OCH3 is 1. The maximum absolute atomic E-state index is 12.5. The van der Waals surface area contributed by atoms with Crippen molar-refractivity contribution in [3.8, 4) is 0 Å². The minimum absolute atomic E-state index is 0.0163. The number of thioether (sulfide) groups is 1. The van der Waals surface area contributed by atoms with Crippen LogP contribution in [-0.2, 0) is 28.7 Å². The predicted molar refractivity (Wildman–Crippen MR) is 91.4 cm³/mol. The Kier molecular flexibility index (Phi) is 9.65. The molecule has 0 saturated carbocycles. The minimum Gasteiger partial charge on any atom is -0.469 e. The molecule has 0 saturated heterocycles. The fourth-order valence-corrected chi connectivity index (χ4v) is 2.38. The molecule has 8 heteroatoms. The summed E-state index contributed by atoms with van der Waals surface area (Å²) in [5.74, 6) is -1.47. The second kappa shape index (κ2) is 10.3. The summed E-state index contributed by atoms with van der Waals surface area (Å²) in [4.78, 5) is 48.1. The molecule has 0 rings (SSSR count). The average molecular weight is 361 g/mol. The number of ether oxygens (including phenoxy) is 2. The molecule has 24 heavy (non-hydrogen) atoms. The van der Waals surface area contributed by atoms with Crippen LogP contribution in [-0.4, -0.2) is 59.4 Å². The van der Waals surface area contributed by atoms with Crippen molar-refractivity contribution in [2.75, 3.05) is 26.0 Å². The highest BCUT2D eigenvalue weighted by Gasteiger charge is 2.26. The number of amides is 1. The van der Waals surface area contributed by atoms with Gasteiger partial charge in [0.15, 0.2) is 5.12 Å². The Labute approximate surface area is 147 Å². The Hall–Kier alpha value is -1.57. The second-order valence-electron chi connectivity index (χ2n) is 6.38. The van der Waals surface area contributed by atoms with Crippen LogP contribution in [0.15, 0.2) is 0 Å². The van der Waals surface area contributed by atoms with Crippen LogP contribution in [0, 0.1) is 5.92 Å². The third-order valence-corrected chi connectivity index (χ3v) is 3.90. The molecule has 0 aliphatic rings. The van der Waals surface area contributed by atoms with Gasteiger partial charge in [-0.15, -0.1) is 0 Å². The Balaban J connectivity index is 4.89. The van der Waals surface area contributed by atoms with Gasteiger partial charge in [0, 0.05) is 25.1 Å². The normalized spacial score (nSPS) is 12.2. The lowest BCUT2D eigenvalue weighted by molar-refractivity contribution is -0.160. The van der Waals surface area contributed by atoms with Gasteiger partial charge in [-0.1, -0.05) is 18.7 Å². The molecule has 0 bridgehead atoms. The highest BCUT2D eigenvalue weighted by Crippen LogP contribution is 2.14. The van der Waals surface area contributed by atoms with Gasteiger partial charge in [0.2, 0.25) is 5.91 Å². The maximum atomic E-state index is 12.5. The number of carbonyl (C=O) groups excluding carboxylic acids is 4. The van der Waals surface area contributed by atoms with Crippen LogP contribution in [0.2, 0.25) is 0 Å². The van der Waals surface area contributed by atoms with Gasteiger partial charge in [0.1, 0.15) is 12.1 Å². The van der Waals surface area contributed by atoms with Gasteiger partial charge in [-0.25, -0.2) is 0 Å². The SMILES string of the molecule is COC(=O)CCN(CC(=O)OC(C)(C)C)C(=O)[C@H](C)CSC(C)=O. The third kappa shape index (κ3) is 10.3. The molecule has 0 N–H and O–H groups in total. The van der Waals surface area contributed by atoms with Gasteiger partial charge in [-0.05, 0) is 20.8 Å². The highest BCUT2D eigenvalue weighted by atomic mass is 32.2. The minimum atomic E-state index is -0.662. The predicted octanol–water partition coefficient (Wildman–Crippen LogP) is 1.64. The van der Waals surface area contributed by atoms with Crippen molar-refractivity contribution in [2.24, 2.45) is 5.92 Å². The summed E-state index contributed by atoms with van der Waals surface area (Å²) in [5.41, 5.74) is -0.662. The summed E-state index contributed by atoms with van der Waals surface area (Å²) in [5, 5.41) is -0.0806. The van der Waals surface area contributed by atoms with Gasteiger partial charge >= 0.3 is 11.9 Å². The first kappa shape index (κ1) is 22.4. The molecule has 1 atom stereocenters. The molecule has 0 aliphatic carbocycles. The number of nitrogens with zero attached hydrogens (tertiary/aromatic N) is 1. The summed E-state index contributed by atoms with van der Waals surface area (Å²) in [6.45, 7) is 8.12. The van der Waals surface area contributed by atoms with E-state index in [-0.39, 0.29) is 30.5 Å². The van der Waals surface area contributed by atoms with Crippen LogP contribution in [0.1, 0.15) is 41.0 Å². The smallest absolute Gasteiger partial charge is 0.326 e. The second-order valence-corrected chi connectivity index (χ2v) is 7.57. The molecule has 0 aromatic carbocycles. The largest absolute Gasteiger partial charge is 0.469 e. The molecule has 0 spiro atoms. The van der Waals surface area contributed by atoms with Gasteiger partial charge in [-0.3, -0.25) is 19.2 Å². The number of rotatable bonds is 8. The lowest BCUT2D eigenvalue weighted by Crippen LogP contribution is -2.42. The first-order chi connectivity index (χ1) is 11.0. The Bertz CT molecular complexity index is 472. The van der Waals surface area contributed by atoms with Crippen LogP contribution in [0.3, 0.4) is 0 Å². The molecule has 0 heterocycles. The van der Waals surface area contributed by atoms with Gasteiger partial charge in [-0.2, -0.15) is 0 Å². The maximum Gasteiger partial charge on any atom is 0.326 e. The van der Waals surface area contributed by atoms with Gasteiger partial charge < -0.3 is 14.4 Å². The van der Waals surface area contributed by atoms with Crippen molar-refractivity contribution in [2.45, 2.75) is 46.6 Å². The number of hydrogen-bond acceptors (Lipinski definition) is 7. The zero-order chi connectivity index (χ0) is 18.9. The summed E-state index contributed by atoms with van der Waals surface area (Å²) < 4.78 is 9.78. The van der Waals surface area contributed by atoms with Crippen molar-refractivity contribution < 1.29 is 28.7 Å². The lowest BCUT2D eigenvalue weighted by Gasteiger charge is -2.27. The first-order valence-corrected chi connectivity index (χ1v) is 8.65. The molecule has 1 amide bonds. The van der Waals surface area contributed by atoms with Crippen LogP contribution >= 0.6 is 11.8 Å². The van der Waals surface area contributed by atoms with Crippen LogP contribution in [0.25, 0.3) is 0 Å². The van der Waals surface area contributed by atoms with Crippen LogP contribution in [0.4, 0.5) is 0 Å². The van der Waals surface area contributed by atoms with E-state index in [0.717, 1.165) is 11.8 Å². The van der Waals surface area contributed by atoms with Gasteiger partial charge in [0.05, 0.1) is 13.5 Å². The van der Waals surface area contributed by atoms with E-state index in [2.05, 4.69) is 4.74 Å². The van der Waals surface area contributed by atoms with E-state index in [9.17, 15) is 19.2 Å².